The van der Waals surface area contributed by atoms with Gasteiger partial charge in [-0.05, 0) is 42.5 Å². The lowest BCUT2D eigenvalue weighted by molar-refractivity contribution is 0.0953. The van der Waals surface area contributed by atoms with Crippen molar-refractivity contribution in [1.29, 1.82) is 0 Å². The molecule has 2 heterocycles. The fraction of sp³-hybridized carbons (Fsp3) is 0.0588. The van der Waals surface area contributed by atoms with Gasteiger partial charge in [0.1, 0.15) is 22.9 Å². The van der Waals surface area contributed by atoms with E-state index in [1.165, 1.54) is 35.7 Å². The van der Waals surface area contributed by atoms with Crippen molar-refractivity contribution < 1.29 is 13.9 Å². The number of carbonyl (C=O) groups excluding carboxylic acids is 1. The molecule has 0 bridgehead atoms. The summed E-state index contributed by atoms with van der Waals surface area (Å²) >= 11 is 1.37. The Morgan fingerprint density at radius 1 is 1.16 bits per heavy atom. The van der Waals surface area contributed by atoms with Crippen molar-refractivity contribution in [3.8, 4) is 10.8 Å². The number of hydrogen-bond donors (Lipinski definition) is 3. The van der Waals surface area contributed by atoms with Gasteiger partial charge in [-0.15, -0.1) is 11.3 Å². The topological polar surface area (TPSA) is 103 Å². The lowest BCUT2D eigenvalue weighted by atomic mass is 10.2. The van der Waals surface area contributed by atoms with Gasteiger partial charge in [0.05, 0.1) is 6.54 Å². The van der Waals surface area contributed by atoms with Gasteiger partial charge in [0.15, 0.2) is 5.06 Å². The summed E-state index contributed by atoms with van der Waals surface area (Å²) in [5.74, 6) is -0.0906. The van der Waals surface area contributed by atoms with Crippen LogP contribution in [0.3, 0.4) is 0 Å². The number of hydrogen-bond acceptors (Lipinski definition) is 6. The van der Waals surface area contributed by atoms with Crippen molar-refractivity contribution in [1.82, 2.24) is 10.3 Å². The van der Waals surface area contributed by atoms with Crippen molar-refractivity contribution >= 4 is 28.7 Å². The Morgan fingerprint density at radius 3 is 2.64 bits per heavy atom. The molecule has 8 heteroatoms. The molecule has 2 aromatic heterocycles. The van der Waals surface area contributed by atoms with Crippen LogP contribution < -0.4 is 21.5 Å². The zero-order chi connectivity index (χ0) is 17.8. The second-order valence-electron chi connectivity index (χ2n) is 5.12. The number of carbonyl (C=O) groups is 1. The van der Waals surface area contributed by atoms with E-state index in [1.54, 1.807) is 18.2 Å². The van der Waals surface area contributed by atoms with Crippen LogP contribution in [0.5, 0.6) is 10.8 Å². The predicted octanol–water partition coefficient (Wildman–Crippen LogP) is 3.17. The van der Waals surface area contributed by atoms with Crippen LogP contribution >= 0.6 is 11.3 Å². The number of nitrogens with one attached hydrogen (secondary N) is 1. The zero-order valence-electron chi connectivity index (χ0n) is 13.0. The molecule has 128 valence electrons. The maximum absolute atomic E-state index is 12.9. The molecule has 3 rings (SSSR count). The van der Waals surface area contributed by atoms with Crippen molar-refractivity contribution in [3.63, 3.8) is 0 Å². The molecule has 0 unspecified atom stereocenters. The molecule has 5 N–H and O–H groups in total. The standard InChI is InChI=1S/C17H15FN4O2S/c18-10-1-3-11(4-2-10)24-14-6-5-12(25-14)9-22-17(23)15-13(19)7-8-21-16(15)20/h1-8H,9H2,(H,22,23)(H4,19,20,21). The highest BCUT2D eigenvalue weighted by Gasteiger charge is 2.14. The molecule has 0 aliphatic heterocycles. The Hall–Kier alpha value is -3.13. The molecule has 0 aliphatic carbocycles. The predicted molar refractivity (Wildman–Crippen MR) is 95.0 cm³/mol. The van der Waals surface area contributed by atoms with Gasteiger partial charge < -0.3 is 21.5 Å². The minimum atomic E-state index is -0.391. The third-order valence-electron chi connectivity index (χ3n) is 3.33. The van der Waals surface area contributed by atoms with E-state index < -0.39 is 5.91 Å². The Bertz CT molecular complexity index is 876. The highest BCUT2D eigenvalue weighted by molar-refractivity contribution is 7.13. The Kier molecular flexibility index (Phi) is 4.80. The Morgan fingerprint density at radius 2 is 1.92 bits per heavy atom. The first-order chi connectivity index (χ1) is 12.0. The first-order valence-electron chi connectivity index (χ1n) is 7.33. The average Bonchev–Trinajstić information content (AvgIpc) is 3.02. The fourth-order valence-electron chi connectivity index (χ4n) is 2.12. The second kappa shape index (κ2) is 7.18. The van der Waals surface area contributed by atoms with Crippen LogP contribution in [-0.4, -0.2) is 10.9 Å². The lowest BCUT2D eigenvalue weighted by Crippen LogP contribution is -2.24. The number of anilines is 2. The largest absolute Gasteiger partial charge is 0.447 e. The average molecular weight is 358 g/mol. The van der Waals surface area contributed by atoms with Gasteiger partial charge in [-0.1, -0.05) is 0 Å². The molecule has 0 saturated carbocycles. The van der Waals surface area contributed by atoms with E-state index in [0.717, 1.165) is 4.88 Å². The van der Waals surface area contributed by atoms with Crippen LogP contribution in [0.25, 0.3) is 0 Å². The summed E-state index contributed by atoms with van der Waals surface area (Å²) in [6.07, 6.45) is 1.44. The maximum atomic E-state index is 12.9. The van der Waals surface area contributed by atoms with Crippen molar-refractivity contribution in [2.75, 3.05) is 11.5 Å². The number of nitrogen functional groups attached to an aromatic ring is 2. The second-order valence-corrected chi connectivity index (χ2v) is 6.25. The number of ether oxygens (including phenoxy) is 1. The van der Waals surface area contributed by atoms with Gasteiger partial charge in [0.25, 0.3) is 5.91 Å². The number of aromatic nitrogens is 1. The van der Waals surface area contributed by atoms with E-state index in [4.69, 9.17) is 16.2 Å². The van der Waals surface area contributed by atoms with E-state index in [2.05, 4.69) is 10.3 Å². The summed E-state index contributed by atoms with van der Waals surface area (Å²) in [6, 6.07) is 10.9. The minimum Gasteiger partial charge on any atom is -0.447 e. The summed E-state index contributed by atoms with van der Waals surface area (Å²) in [5.41, 5.74) is 11.9. The van der Waals surface area contributed by atoms with Crippen molar-refractivity contribution in [3.05, 3.63) is 64.9 Å². The molecule has 0 fully saturated rings. The Balaban J connectivity index is 1.62. The van der Waals surface area contributed by atoms with Gasteiger partial charge in [-0.25, -0.2) is 9.37 Å². The Labute approximate surface area is 147 Å². The number of thiophene rings is 1. The summed E-state index contributed by atoms with van der Waals surface area (Å²) in [4.78, 5) is 17.0. The number of benzene rings is 1. The molecule has 25 heavy (non-hydrogen) atoms. The van der Waals surface area contributed by atoms with Crippen molar-refractivity contribution in [2.24, 2.45) is 0 Å². The van der Waals surface area contributed by atoms with Gasteiger partial charge >= 0.3 is 0 Å². The molecule has 1 amide bonds. The molecule has 0 radical (unpaired) electrons. The SMILES string of the molecule is Nc1ccnc(N)c1C(=O)NCc1ccc(Oc2ccc(F)cc2)s1. The van der Waals surface area contributed by atoms with Crippen LogP contribution in [0.4, 0.5) is 15.9 Å². The van der Waals surface area contributed by atoms with Crippen molar-refractivity contribution in [2.45, 2.75) is 6.54 Å². The van der Waals surface area contributed by atoms with Gasteiger partial charge in [0.2, 0.25) is 0 Å². The lowest BCUT2D eigenvalue weighted by Gasteiger charge is -2.08. The van der Waals surface area contributed by atoms with Crippen LogP contribution in [0.2, 0.25) is 0 Å². The van der Waals surface area contributed by atoms with E-state index >= 15 is 0 Å². The monoisotopic (exact) mass is 358 g/mol. The first kappa shape index (κ1) is 16.7. The molecule has 0 aliphatic rings. The van der Waals surface area contributed by atoms with E-state index in [-0.39, 0.29) is 22.9 Å². The highest BCUT2D eigenvalue weighted by Crippen LogP contribution is 2.29. The van der Waals surface area contributed by atoms with Gasteiger partial charge in [-0.3, -0.25) is 4.79 Å². The van der Waals surface area contributed by atoms with Gasteiger partial charge in [0, 0.05) is 16.8 Å². The highest BCUT2D eigenvalue weighted by atomic mass is 32.1. The summed E-state index contributed by atoms with van der Waals surface area (Å²) < 4.78 is 18.5. The molecule has 6 nitrogen and oxygen atoms in total. The molecule has 0 atom stereocenters. The van der Waals surface area contributed by atoms with E-state index in [1.807, 2.05) is 6.07 Å². The number of rotatable bonds is 5. The summed E-state index contributed by atoms with van der Waals surface area (Å²) in [5, 5.41) is 3.38. The van der Waals surface area contributed by atoms with Crippen LogP contribution in [0, 0.1) is 5.82 Å². The first-order valence-corrected chi connectivity index (χ1v) is 8.15. The minimum absolute atomic E-state index is 0.0870. The smallest absolute Gasteiger partial charge is 0.257 e. The summed E-state index contributed by atoms with van der Waals surface area (Å²) in [6.45, 7) is 0.296. The zero-order valence-corrected chi connectivity index (χ0v) is 13.8. The van der Waals surface area contributed by atoms with E-state index in [0.29, 0.717) is 17.4 Å². The number of halogens is 1. The summed E-state index contributed by atoms with van der Waals surface area (Å²) in [7, 11) is 0. The quantitative estimate of drug-likeness (QED) is 0.650. The molecule has 3 aromatic rings. The van der Waals surface area contributed by atoms with Gasteiger partial charge in [-0.2, -0.15) is 0 Å². The van der Waals surface area contributed by atoms with E-state index in [9.17, 15) is 9.18 Å². The number of nitrogens with zero attached hydrogens (tertiary/aromatic N) is 1. The fourth-order valence-corrected chi connectivity index (χ4v) is 2.94. The third kappa shape index (κ3) is 4.04. The number of nitrogens with two attached hydrogens (primary N) is 2. The normalized spacial score (nSPS) is 10.4. The molecular weight excluding hydrogens is 343 g/mol. The molecule has 0 spiro atoms. The van der Waals surface area contributed by atoms with Crippen LogP contribution in [-0.2, 0) is 6.54 Å². The van der Waals surface area contributed by atoms with Crippen LogP contribution in [0.15, 0.2) is 48.7 Å². The number of pyridine rings is 1. The number of amides is 1. The molecule has 1 aromatic carbocycles. The molecule has 0 saturated heterocycles. The third-order valence-corrected chi connectivity index (χ3v) is 4.30. The maximum Gasteiger partial charge on any atom is 0.257 e. The molecular formula is C17H15FN4O2S. The van der Waals surface area contributed by atoms with Crippen LogP contribution in [0.1, 0.15) is 15.2 Å².